The topological polar surface area (TPSA) is 136 Å². The predicted octanol–water partition coefficient (Wildman–Crippen LogP) is 10.9. The number of allylic oxidation sites excluding steroid dienone is 3. The van der Waals surface area contributed by atoms with Gasteiger partial charge in [0.15, 0.2) is 11.9 Å². The van der Waals surface area contributed by atoms with E-state index < -0.39 is 47.9 Å². The Kier molecular flexibility index (Phi) is 23.9. The van der Waals surface area contributed by atoms with Crippen molar-refractivity contribution in [2.75, 3.05) is 0 Å². The maximum absolute atomic E-state index is 13.2. The molecule has 0 aliphatic carbocycles. The average Bonchev–Trinajstić information content (AvgIpc) is 3.28. The molecule has 2 N–H and O–H groups in total. The summed E-state index contributed by atoms with van der Waals surface area (Å²) in [5, 5.41) is 23.1. The minimum atomic E-state index is -1.58. The Morgan fingerprint density at radius 3 is 1.35 bits per heavy atom. The Morgan fingerprint density at radius 2 is 0.933 bits per heavy atom. The van der Waals surface area contributed by atoms with Gasteiger partial charge in [0.1, 0.15) is 24.4 Å². The van der Waals surface area contributed by atoms with Gasteiger partial charge in [-0.3, -0.25) is 4.79 Å². The minimum Gasteiger partial charge on any atom is -0.456 e. The first-order valence-corrected chi connectivity index (χ1v) is 21.8. The number of hydrogen-bond acceptors (Lipinski definition) is 9. The summed E-state index contributed by atoms with van der Waals surface area (Å²) in [6, 6.07) is 25.5. The zero-order valence-corrected chi connectivity index (χ0v) is 35.6. The minimum absolute atomic E-state index is 0.0945. The van der Waals surface area contributed by atoms with Crippen LogP contribution in [-0.2, 0) is 19.0 Å². The van der Waals surface area contributed by atoms with Crippen LogP contribution in [0.3, 0.4) is 0 Å². The molecule has 3 aromatic carbocycles. The first-order chi connectivity index (χ1) is 29.2. The van der Waals surface area contributed by atoms with Gasteiger partial charge in [0, 0.05) is 19.3 Å². The molecule has 60 heavy (non-hydrogen) atoms. The number of rotatable bonds is 30. The van der Waals surface area contributed by atoms with E-state index >= 15 is 0 Å². The molecule has 0 amide bonds. The Labute approximate surface area is 357 Å². The van der Waals surface area contributed by atoms with Gasteiger partial charge in [0.2, 0.25) is 0 Å². The highest BCUT2D eigenvalue weighted by atomic mass is 16.6. The molecule has 324 valence electrons. The van der Waals surface area contributed by atoms with E-state index in [0.29, 0.717) is 42.4 Å². The molecule has 0 saturated carbocycles. The van der Waals surface area contributed by atoms with Crippen LogP contribution < -0.4 is 0 Å². The van der Waals surface area contributed by atoms with E-state index in [1.54, 1.807) is 91.0 Å². The molecule has 9 heteroatoms. The molecule has 0 spiro atoms. The third-order valence-electron chi connectivity index (χ3n) is 10.3. The number of hydrogen-bond donors (Lipinski definition) is 2. The van der Waals surface area contributed by atoms with E-state index in [1.165, 1.54) is 0 Å². The van der Waals surface area contributed by atoms with Crippen molar-refractivity contribution in [3.05, 3.63) is 144 Å². The fourth-order valence-corrected chi connectivity index (χ4v) is 6.64. The van der Waals surface area contributed by atoms with Crippen molar-refractivity contribution in [2.45, 2.75) is 147 Å². The maximum Gasteiger partial charge on any atom is 0.339 e. The Morgan fingerprint density at radius 1 is 0.533 bits per heavy atom. The number of aldehydes is 1. The molecule has 0 heterocycles. The third-order valence-corrected chi connectivity index (χ3v) is 10.3. The van der Waals surface area contributed by atoms with Crippen molar-refractivity contribution in [3.63, 3.8) is 0 Å². The van der Waals surface area contributed by atoms with Crippen molar-refractivity contribution in [2.24, 2.45) is 0 Å². The Balaban J connectivity index is 1.67. The highest BCUT2D eigenvalue weighted by molar-refractivity contribution is 5.91. The van der Waals surface area contributed by atoms with Gasteiger partial charge in [-0.2, -0.15) is 0 Å². The summed E-state index contributed by atoms with van der Waals surface area (Å²) in [4.78, 5) is 51.9. The second-order valence-corrected chi connectivity index (χ2v) is 15.2. The van der Waals surface area contributed by atoms with Crippen molar-refractivity contribution in [3.8, 4) is 0 Å². The molecule has 9 nitrogen and oxygen atoms in total. The van der Waals surface area contributed by atoms with Crippen molar-refractivity contribution < 1.29 is 43.6 Å². The molecular weight excluding hydrogens is 757 g/mol. The molecule has 0 aliphatic rings. The SMILES string of the molecule is CCCCCC=CCC(OC(=O)c1ccccc1)C(O)C(O)C(CC=CCCCCC[C@](C=O)(C/C=C\CCCCC)OC(=O)c1ccccc1)OC(=O)c1ccccc1. The first kappa shape index (κ1) is 49.2. The number of aliphatic hydroxyl groups excluding tert-OH is 2. The molecule has 0 saturated heterocycles. The molecule has 3 rings (SSSR count). The largest absolute Gasteiger partial charge is 0.456 e. The van der Waals surface area contributed by atoms with Crippen LogP contribution in [0.5, 0.6) is 0 Å². The van der Waals surface area contributed by atoms with Crippen LogP contribution in [0.4, 0.5) is 0 Å². The molecule has 0 aromatic heterocycles. The van der Waals surface area contributed by atoms with Gasteiger partial charge < -0.3 is 24.4 Å². The van der Waals surface area contributed by atoms with Crippen LogP contribution in [0.25, 0.3) is 0 Å². The summed E-state index contributed by atoms with van der Waals surface area (Å²) in [6.45, 7) is 4.28. The van der Waals surface area contributed by atoms with Crippen LogP contribution in [0.1, 0.15) is 148 Å². The van der Waals surface area contributed by atoms with E-state index in [2.05, 4.69) is 19.9 Å². The van der Waals surface area contributed by atoms with Gasteiger partial charge in [0.05, 0.1) is 16.7 Å². The van der Waals surface area contributed by atoms with E-state index in [0.717, 1.165) is 70.5 Å². The number of aliphatic hydroxyl groups is 2. The number of ether oxygens (including phenoxy) is 3. The standard InChI is InChI=1S/C51H66O9/c1-3-5-7-9-13-26-36-44(58-48(55)41-30-20-17-21-31-41)46(53)47(54)45(59-49(56)42-32-22-18-23-33-42)37-27-14-11-12-16-29-39-51(40-52,38-28-15-10-8-6-4-2)60-50(57)43-34-24-19-25-35-43/h13-15,17-28,30-35,40,44-47,53-54H,3-12,16,29,36-39H2,1-2H3/b26-13?,27-14?,28-15-/t44?,45?,46?,47?,51-/m0/s1. The predicted molar refractivity (Wildman–Crippen MR) is 237 cm³/mol. The van der Waals surface area contributed by atoms with E-state index in [9.17, 15) is 29.4 Å². The van der Waals surface area contributed by atoms with Crippen LogP contribution in [0.2, 0.25) is 0 Å². The zero-order chi connectivity index (χ0) is 43.3. The smallest absolute Gasteiger partial charge is 0.339 e. The number of unbranched alkanes of at least 4 members (excludes halogenated alkanes) is 9. The van der Waals surface area contributed by atoms with Gasteiger partial charge >= 0.3 is 17.9 Å². The normalized spacial score (nSPS) is 14.7. The lowest BCUT2D eigenvalue weighted by atomic mass is 9.92. The Bertz CT molecular complexity index is 1740. The lowest BCUT2D eigenvalue weighted by molar-refractivity contribution is -0.125. The van der Waals surface area contributed by atoms with Gasteiger partial charge in [-0.15, -0.1) is 0 Å². The third kappa shape index (κ3) is 18.4. The molecule has 0 aliphatic heterocycles. The molecular formula is C51H66O9. The molecule has 0 radical (unpaired) electrons. The second-order valence-electron chi connectivity index (χ2n) is 15.2. The lowest BCUT2D eigenvalue weighted by Crippen LogP contribution is -2.47. The second kappa shape index (κ2) is 29.2. The average molecular weight is 823 g/mol. The molecule has 5 atom stereocenters. The summed E-state index contributed by atoms with van der Waals surface area (Å²) in [6.07, 6.45) is 18.9. The van der Waals surface area contributed by atoms with Crippen LogP contribution >= 0.6 is 0 Å². The number of esters is 3. The van der Waals surface area contributed by atoms with Gasteiger partial charge in [-0.1, -0.05) is 137 Å². The summed E-state index contributed by atoms with van der Waals surface area (Å²) >= 11 is 0. The molecule has 3 aromatic rings. The molecule has 0 fully saturated rings. The number of carbonyl (C=O) groups excluding carboxylic acids is 4. The highest BCUT2D eigenvalue weighted by Crippen LogP contribution is 2.26. The Hall–Kier alpha value is -5.12. The first-order valence-electron chi connectivity index (χ1n) is 21.8. The van der Waals surface area contributed by atoms with Crippen molar-refractivity contribution in [1.82, 2.24) is 0 Å². The molecule has 0 bridgehead atoms. The van der Waals surface area contributed by atoms with Crippen molar-refractivity contribution in [1.29, 1.82) is 0 Å². The fourth-order valence-electron chi connectivity index (χ4n) is 6.64. The van der Waals surface area contributed by atoms with E-state index in [4.69, 9.17) is 14.2 Å². The van der Waals surface area contributed by atoms with Gasteiger partial charge in [-0.25, -0.2) is 14.4 Å². The highest BCUT2D eigenvalue weighted by Gasteiger charge is 2.36. The van der Waals surface area contributed by atoms with Crippen LogP contribution in [0, 0.1) is 0 Å². The fraction of sp³-hybridized carbons (Fsp3) is 0.451. The van der Waals surface area contributed by atoms with Crippen LogP contribution in [0.15, 0.2) is 127 Å². The van der Waals surface area contributed by atoms with Gasteiger partial charge in [0.25, 0.3) is 0 Å². The monoisotopic (exact) mass is 822 g/mol. The van der Waals surface area contributed by atoms with Crippen LogP contribution in [-0.4, -0.2) is 64.4 Å². The molecule has 4 unspecified atom stereocenters. The summed E-state index contributed by atoms with van der Waals surface area (Å²) in [5.74, 6) is -1.82. The maximum atomic E-state index is 13.2. The number of benzene rings is 3. The van der Waals surface area contributed by atoms with Gasteiger partial charge in [-0.05, 0) is 87.8 Å². The number of carbonyl (C=O) groups is 4. The summed E-state index contributed by atoms with van der Waals surface area (Å²) in [5.41, 5.74) is -0.270. The van der Waals surface area contributed by atoms with E-state index in [1.807, 2.05) is 30.4 Å². The van der Waals surface area contributed by atoms with Crippen molar-refractivity contribution >= 4 is 24.2 Å². The summed E-state index contributed by atoms with van der Waals surface area (Å²) < 4.78 is 17.5. The lowest BCUT2D eigenvalue weighted by Gasteiger charge is -2.30. The quantitative estimate of drug-likeness (QED) is 0.0221. The summed E-state index contributed by atoms with van der Waals surface area (Å²) in [7, 11) is 0. The zero-order valence-electron chi connectivity index (χ0n) is 35.6. The van der Waals surface area contributed by atoms with E-state index in [-0.39, 0.29) is 12.8 Å².